The molecule has 0 saturated heterocycles. The molecule has 0 spiro atoms. The van der Waals surface area contributed by atoms with Crippen molar-refractivity contribution in [2.75, 3.05) is 32.1 Å². The normalized spacial score (nSPS) is 10.7. The first-order valence-electron chi connectivity index (χ1n) is 6.60. The second-order valence-corrected chi connectivity index (χ2v) is 4.83. The molecule has 0 saturated carbocycles. The van der Waals surface area contributed by atoms with Gasteiger partial charge in [0.25, 0.3) is 0 Å². The van der Waals surface area contributed by atoms with Crippen LogP contribution in [0.5, 0.6) is 0 Å². The Morgan fingerprint density at radius 3 is 2.32 bits per heavy atom. The maximum absolute atomic E-state index is 4.35. The minimum Gasteiger partial charge on any atom is -0.358 e. The molecular formula is C16H21N3. The van der Waals surface area contributed by atoms with Crippen molar-refractivity contribution in [3.8, 4) is 0 Å². The maximum Gasteiger partial charge on any atom is 0.128 e. The first-order chi connectivity index (χ1) is 9.25. The van der Waals surface area contributed by atoms with Crippen molar-refractivity contribution in [1.29, 1.82) is 0 Å². The Balaban J connectivity index is 1.79. The number of aromatic nitrogens is 1. The number of nitrogens with zero attached hydrogens (tertiary/aromatic N) is 3. The van der Waals surface area contributed by atoms with Crippen LogP contribution in [0.4, 0.5) is 5.82 Å². The Morgan fingerprint density at radius 1 is 0.895 bits per heavy atom. The van der Waals surface area contributed by atoms with E-state index in [-0.39, 0.29) is 0 Å². The largest absolute Gasteiger partial charge is 0.358 e. The van der Waals surface area contributed by atoms with Crippen LogP contribution in [-0.2, 0) is 6.54 Å². The van der Waals surface area contributed by atoms with Crippen molar-refractivity contribution in [3.05, 3.63) is 60.3 Å². The third kappa shape index (κ3) is 4.38. The first kappa shape index (κ1) is 13.6. The molecular weight excluding hydrogens is 234 g/mol. The Kier molecular flexibility index (Phi) is 4.93. The highest BCUT2D eigenvalue weighted by atomic mass is 15.2. The standard InChI is InChI=1S/C16H21N3/c1-18(14-15-8-4-3-5-9-15)12-13-19(2)16-10-6-7-11-17-16/h3-11H,12-14H2,1-2H3. The highest BCUT2D eigenvalue weighted by molar-refractivity contribution is 5.36. The van der Waals surface area contributed by atoms with Gasteiger partial charge in [-0.25, -0.2) is 4.98 Å². The summed E-state index contributed by atoms with van der Waals surface area (Å²) < 4.78 is 0. The molecule has 0 atom stereocenters. The van der Waals surface area contributed by atoms with E-state index in [9.17, 15) is 0 Å². The molecule has 0 aliphatic carbocycles. The van der Waals surface area contributed by atoms with Gasteiger partial charge >= 0.3 is 0 Å². The Bertz CT molecular complexity index is 470. The van der Waals surface area contributed by atoms with Gasteiger partial charge in [-0.3, -0.25) is 0 Å². The van der Waals surface area contributed by atoms with Gasteiger partial charge in [0, 0.05) is 32.9 Å². The number of hydrogen-bond acceptors (Lipinski definition) is 3. The third-order valence-corrected chi connectivity index (χ3v) is 3.15. The molecule has 3 heteroatoms. The molecule has 0 aliphatic heterocycles. The first-order valence-corrected chi connectivity index (χ1v) is 6.60. The van der Waals surface area contributed by atoms with Gasteiger partial charge in [0.1, 0.15) is 5.82 Å². The molecule has 0 bridgehead atoms. The molecule has 19 heavy (non-hydrogen) atoms. The molecule has 0 unspecified atom stereocenters. The van der Waals surface area contributed by atoms with Gasteiger partial charge in [-0.05, 0) is 24.7 Å². The van der Waals surface area contributed by atoms with E-state index in [0.717, 1.165) is 25.5 Å². The van der Waals surface area contributed by atoms with Gasteiger partial charge in [-0.1, -0.05) is 36.4 Å². The highest BCUT2D eigenvalue weighted by Crippen LogP contribution is 2.07. The van der Waals surface area contributed by atoms with Gasteiger partial charge in [0.05, 0.1) is 0 Å². The number of anilines is 1. The summed E-state index contributed by atoms with van der Waals surface area (Å²) in [6.45, 7) is 2.97. The fourth-order valence-corrected chi connectivity index (χ4v) is 1.99. The lowest BCUT2D eigenvalue weighted by atomic mass is 10.2. The molecule has 2 aromatic rings. The molecule has 0 aliphatic rings. The van der Waals surface area contributed by atoms with Crippen LogP contribution in [0.15, 0.2) is 54.7 Å². The molecule has 1 aromatic carbocycles. The topological polar surface area (TPSA) is 19.4 Å². The van der Waals surface area contributed by atoms with Gasteiger partial charge < -0.3 is 9.80 Å². The van der Waals surface area contributed by atoms with Gasteiger partial charge in [-0.2, -0.15) is 0 Å². The summed E-state index contributed by atoms with van der Waals surface area (Å²) in [6, 6.07) is 16.6. The van der Waals surface area contributed by atoms with Gasteiger partial charge in [0.15, 0.2) is 0 Å². The van der Waals surface area contributed by atoms with Gasteiger partial charge in [0.2, 0.25) is 0 Å². The number of hydrogen-bond donors (Lipinski definition) is 0. The summed E-state index contributed by atoms with van der Waals surface area (Å²) in [6.07, 6.45) is 1.83. The monoisotopic (exact) mass is 255 g/mol. The summed E-state index contributed by atoms with van der Waals surface area (Å²) in [5, 5.41) is 0. The number of rotatable bonds is 6. The van der Waals surface area contributed by atoms with Crippen LogP contribution >= 0.6 is 0 Å². The van der Waals surface area contributed by atoms with Gasteiger partial charge in [-0.15, -0.1) is 0 Å². The summed E-state index contributed by atoms with van der Waals surface area (Å²) in [4.78, 5) is 8.86. The zero-order valence-corrected chi connectivity index (χ0v) is 11.7. The lowest BCUT2D eigenvalue weighted by Crippen LogP contribution is -2.30. The van der Waals surface area contributed by atoms with Crippen molar-refractivity contribution >= 4 is 5.82 Å². The molecule has 0 radical (unpaired) electrons. The van der Waals surface area contributed by atoms with E-state index in [1.807, 2.05) is 24.4 Å². The zero-order valence-electron chi connectivity index (χ0n) is 11.7. The number of benzene rings is 1. The Labute approximate surface area is 115 Å². The van der Waals surface area contributed by atoms with Crippen molar-refractivity contribution in [1.82, 2.24) is 9.88 Å². The Hall–Kier alpha value is -1.87. The summed E-state index contributed by atoms with van der Waals surface area (Å²) >= 11 is 0. The quantitative estimate of drug-likeness (QED) is 0.791. The van der Waals surface area contributed by atoms with Crippen LogP contribution < -0.4 is 4.90 Å². The average molecular weight is 255 g/mol. The molecule has 100 valence electrons. The highest BCUT2D eigenvalue weighted by Gasteiger charge is 2.04. The van der Waals surface area contributed by atoms with Crippen molar-refractivity contribution in [2.24, 2.45) is 0 Å². The number of pyridine rings is 1. The van der Waals surface area contributed by atoms with E-state index in [1.54, 1.807) is 0 Å². The fraction of sp³-hybridized carbons (Fsp3) is 0.312. The van der Waals surface area contributed by atoms with Crippen LogP contribution in [0, 0.1) is 0 Å². The predicted molar refractivity (Wildman–Crippen MR) is 80.3 cm³/mol. The number of likely N-dealkylation sites (N-methyl/N-ethyl adjacent to an activating group) is 2. The molecule has 2 rings (SSSR count). The lowest BCUT2D eigenvalue weighted by molar-refractivity contribution is 0.334. The van der Waals surface area contributed by atoms with E-state index in [1.165, 1.54) is 5.56 Å². The van der Waals surface area contributed by atoms with E-state index in [0.29, 0.717) is 0 Å². The molecule has 1 heterocycles. The molecule has 0 fully saturated rings. The zero-order chi connectivity index (χ0) is 13.5. The maximum atomic E-state index is 4.35. The van der Waals surface area contributed by atoms with E-state index in [4.69, 9.17) is 0 Å². The van der Waals surface area contributed by atoms with E-state index in [2.05, 4.69) is 59.2 Å². The summed E-state index contributed by atoms with van der Waals surface area (Å²) in [7, 11) is 4.23. The SMILES string of the molecule is CN(CCN(C)c1ccccn1)Cc1ccccc1. The average Bonchev–Trinajstić information content (AvgIpc) is 2.47. The van der Waals surface area contributed by atoms with Crippen molar-refractivity contribution in [2.45, 2.75) is 6.54 Å². The summed E-state index contributed by atoms with van der Waals surface area (Å²) in [5.74, 6) is 1.02. The second kappa shape index (κ2) is 6.90. The fourth-order valence-electron chi connectivity index (χ4n) is 1.99. The smallest absolute Gasteiger partial charge is 0.128 e. The van der Waals surface area contributed by atoms with Crippen molar-refractivity contribution < 1.29 is 0 Å². The van der Waals surface area contributed by atoms with Crippen LogP contribution in [0.1, 0.15) is 5.56 Å². The minimum absolute atomic E-state index is 0.973. The van der Waals surface area contributed by atoms with Crippen LogP contribution in [0.3, 0.4) is 0 Å². The molecule has 3 nitrogen and oxygen atoms in total. The second-order valence-electron chi connectivity index (χ2n) is 4.83. The molecule has 1 aromatic heterocycles. The lowest BCUT2D eigenvalue weighted by Gasteiger charge is -2.22. The van der Waals surface area contributed by atoms with Crippen LogP contribution in [-0.4, -0.2) is 37.1 Å². The Morgan fingerprint density at radius 2 is 1.63 bits per heavy atom. The van der Waals surface area contributed by atoms with Crippen molar-refractivity contribution in [3.63, 3.8) is 0 Å². The van der Waals surface area contributed by atoms with Crippen LogP contribution in [0.25, 0.3) is 0 Å². The molecule has 0 N–H and O–H groups in total. The summed E-state index contributed by atoms with van der Waals surface area (Å²) in [5.41, 5.74) is 1.35. The van der Waals surface area contributed by atoms with E-state index < -0.39 is 0 Å². The molecule has 0 amide bonds. The third-order valence-electron chi connectivity index (χ3n) is 3.15. The predicted octanol–water partition coefficient (Wildman–Crippen LogP) is 2.65. The van der Waals surface area contributed by atoms with E-state index >= 15 is 0 Å². The van der Waals surface area contributed by atoms with Crippen LogP contribution in [0.2, 0.25) is 0 Å². The minimum atomic E-state index is 0.973.